The van der Waals surface area contributed by atoms with Gasteiger partial charge in [0.2, 0.25) is 5.91 Å². The lowest BCUT2D eigenvalue weighted by atomic mass is 9.75. The predicted molar refractivity (Wildman–Crippen MR) is 85.9 cm³/mol. The van der Waals surface area contributed by atoms with Crippen LogP contribution >= 0.6 is 0 Å². The molecule has 0 bridgehead atoms. The molecule has 1 aliphatic rings. The standard InChI is InChI=1S/C17H27N3O/c1-19(2)17(10-7-11-17)13-20(3)16(21)12-15(18)14-8-5-4-6-9-14/h4-6,8-9,15H,7,10-13,18H2,1-3H3. The van der Waals surface area contributed by atoms with Crippen molar-refractivity contribution in [1.82, 2.24) is 9.80 Å². The Hall–Kier alpha value is -1.39. The van der Waals surface area contributed by atoms with Crippen LogP contribution in [0.3, 0.4) is 0 Å². The zero-order valence-electron chi connectivity index (χ0n) is 13.4. The van der Waals surface area contributed by atoms with Crippen LogP contribution in [0.1, 0.15) is 37.3 Å². The van der Waals surface area contributed by atoms with E-state index in [1.807, 2.05) is 42.3 Å². The van der Waals surface area contributed by atoms with Crippen LogP contribution in [0, 0.1) is 0 Å². The SMILES string of the molecule is CN(CC1(N(C)C)CCC1)C(=O)CC(N)c1ccccc1. The van der Waals surface area contributed by atoms with E-state index in [1.54, 1.807) is 0 Å². The van der Waals surface area contributed by atoms with Gasteiger partial charge in [-0.25, -0.2) is 0 Å². The number of rotatable bonds is 6. The maximum absolute atomic E-state index is 12.4. The molecular formula is C17H27N3O. The van der Waals surface area contributed by atoms with Gasteiger partial charge in [-0.3, -0.25) is 4.79 Å². The van der Waals surface area contributed by atoms with Gasteiger partial charge < -0.3 is 15.5 Å². The Morgan fingerprint density at radius 2 is 1.86 bits per heavy atom. The van der Waals surface area contributed by atoms with Gasteiger partial charge in [-0.15, -0.1) is 0 Å². The van der Waals surface area contributed by atoms with Crippen molar-refractivity contribution in [1.29, 1.82) is 0 Å². The molecule has 1 aliphatic carbocycles. The Kier molecular flexibility index (Phi) is 5.01. The van der Waals surface area contributed by atoms with E-state index in [4.69, 9.17) is 5.73 Å². The van der Waals surface area contributed by atoms with Gasteiger partial charge in [0.05, 0.1) is 0 Å². The van der Waals surface area contributed by atoms with Crippen LogP contribution in [0.2, 0.25) is 0 Å². The summed E-state index contributed by atoms with van der Waals surface area (Å²) < 4.78 is 0. The predicted octanol–water partition coefficient (Wildman–Crippen LogP) is 2.02. The number of hydrogen-bond acceptors (Lipinski definition) is 3. The molecule has 0 radical (unpaired) electrons. The summed E-state index contributed by atoms with van der Waals surface area (Å²) in [7, 11) is 6.10. The minimum atomic E-state index is -0.224. The molecule has 1 unspecified atom stereocenters. The summed E-state index contributed by atoms with van der Waals surface area (Å²) in [4.78, 5) is 16.5. The molecule has 21 heavy (non-hydrogen) atoms. The van der Waals surface area contributed by atoms with Crippen molar-refractivity contribution in [3.63, 3.8) is 0 Å². The van der Waals surface area contributed by atoms with Crippen molar-refractivity contribution in [2.45, 2.75) is 37.3 Å². The Labute approximate surface area is 127 Å². The fourth-order valence-corrected chi connectivity index (χ4v) is 3.02. The largest absolute Gasteiger partial charge is 0.344 e. The average molecular weight is 289 g/mol. The van der Waals surface area contributed by atoms with E-state index >= 15 is 0 Å². The lowest BCUT2D eigenvalue weighted by Crippen LogP contribution is -2.57. The lowest BCUT2D eigenvalue weighted by molar-refractivity contribution is -0.133. The van der Waals surface area contributed by atoms with Crippen LogP contribution in [-0.2, 0) is 4.79 Å². The van der Waals surface area contributed by atoms with Gasteiger partial charge in [0.25, 0.3) is 0 Å². The Bertz CT molecular complexity index is 468. The average Bonchev–Trinajstić information content (AvgIpc) is 2.42. The first-order chi connectivity index (χ1) is 9.94. The lowest BCUT2D eigenvalue weighted by Gasteiger charge is -2.49. The molecule has 0 heterocycles. The monoisotopic (exact) mass is 289 g/mol. The highest BCUT2D eigenvalue weighted by atomic mass is 16.2. The highest BCUT2D eigenvalue weighted by Gasteiger charge is 2.40. The van der Waals surface area contributed by atoms with Gasteiger partial charge >= 0.3 is 0 Å². The molecule has 0 aromatic heterocycles. The maximum atomic E-state index is 12.4. The molecule has 1 atom stereocenters. The summed E-state index contributed by atoms with van der Waals surface area (Å²) in [5, 5.41) is 0. The fourth-order valence-electron chi connectivity index (χ4n) is 3.02. The second kappa shape index (κ2) is 6.58. The number of benzene rings is 1. The topological polar surface area (TPSA) is 49.6 Å². The van der Waals surface area contributed by atoms with Gasteiger partial charge in [-0.2, -0.15) is 0 Å². The van der Waals surface area contributed by atoms with E-state index in [1.165, 1.54) is 19.3 Å². The quantitative estimate of drug-likeness (QED) is 0.871. The van der Waals surface area contributed by atoms with Crippen LogP contribution in [0.25, 0.3) is 0 Å². The maximum Gasteiger partial charge on any atom is 0.224 e. The first-order valence-electron chi connectivity index (χ1n) is 7.66. The number of carbonyl (C=O) groups excluding carboxylic acids is 1. The highest BCUT2D eigenvalue weighted by molar-refractivity contribution is 5.76. The Morgan fingerprint density at radius 1 is 1.24 bits per heavy atom. The summed E-state index contributed by atoms with van der Waals surface area (Å²) in [6.07, 6.45) is 3.96. The van der Waals surface area contributed by atoms with Crippen LogP contribution in [0.4, 0.5) is 0 Å². The molecule has 116 valence electrons. The van der Waals surface area contributed by atoms with E-state index in [2.05, 4.69) is 19.0 Å². The third-order valence-corrected chi connectivity index (χ3v) is 4.81. The van der Waals surface area contributed by atoms with Crippen LogP contribution in [0.5, 0.6) is 0 Å². The van der Waals surface area contributed by atoms with E-state index in [0.29, 0.717) is 6.42 Å². The van der Waals surface area contributed by atoms with Gasteiger partial charge in [-0.1, -0.05) is 30.3 Å². The van der Waals surface area contributed by atoms with Crippen LogP contribution in [0.15, 0.2) is 30.3 Å². The molecule has 0 saturated heterocycles. The molecule has 1 aromatic rings. The number of nitrogens with zero attached hydrogens (tertiary/aromatic N) is 2. The van der Waals surface area contributed by atoms with Crippen molar-refractivity contribution < 1.29 is 4.79 Å². The van der Waals surface area contributed by atoms with Crippen molar-refractivity contribution in [3.8, 4) is 0 Å². The van der Waals surface area contributed by atoms with E-state index < -0.39 is 0 Å². The molecule has 1 saturated carbocycles. The zero-order valence-corrected chi connectivity index (χ0v) is 13.4. The van der Waals surface area contributed by atoms with Crippen molar-refractivity contribution in [2.24, 2.45) is 5.73 Å². The fraction of sp³-hybridized carbons (Fsp3) is 0.588. The second-order valence-corrected chi connectivity index (χ2v) is 6.44. The molecular weight excluding hydrogens is 262 g/mol. The zero-order chi connectivity index (χ0) is 15.5. The Morgan fingerprint density at radius 3 is 2.33 bits per heavy atom. The summed E-state index contributed by atoms with van der Waals surface area (Å²) in [6.45, 7) is 0.792. The summed E-state index contributed by atoms with van der Waals surface area (Å²) in [6, 6.07) is 9.60. The van der Waals surface area contributed by atoms with E-state index in [9.17, 15) is 4.79 Å². The molecule has 1 fully saturated rings. The number of likely N-dealkylation sites (N-methyl/N-ethyl adjacent to an activating group) is 2. The van der Waals surface area contributed by atoms with Gasteiger partial charge in [0.1, 0.15) is 0 Å². The molecule has 4 heteroatoms. The molecule has 2 rings (SSSR count). The molecule has 1 aromatic carbocycles. The number of amides is 1. The molecule has 1 amide bonds. The van der Waals surface area contributed by atoms with Gasteiger partial charge in [0.15, 0.2) is 0 Å². The summed E-state index contributed by atoms with van der Waals surface area (Å²) in [5.41, 5.74) is 7.33. The molecule has 2 N–H and O–H groups in total. The van der Waals surface area contributed by atoms with Crippen molar-refractivity contribution in [2.75, 3.05) is 27.7 Å². The summed E-state index contributed by atoms with van der Waals surface area (Å²) in [5.74, 6) is 0.125. The van der Waals surface area contributed by atoms with Crippen LogP contribution < -0.4 is 5.73 Å². The van der Waals surface area contributed by atoms with Crippen molar-refractivity contribution >= 4 is 5.91 Å². The first-order valence-corrected chi connectivity index (χ1v) is 7.66. The second-order valence-electron chi connectivity index (χ2n) is 6.44. The minimum absolute atomic E-state index is 0.125. The highest BCUT2D eigenvalue weighted by Crippen LogP contribution is 2.36. The van der Waals surface area contributed by atoms with Gasteiger partial charge in [0, 0.05) is 31.6 Å². The number of hydrogen-bond donors (Lipinski definition) is 1. The third-order valence-electron chi connectivity index (χ3n) is 4.81. The normalized spacial score (nSPS) is 18.1. The van der Waals surface area contributed by atoms with Crippen LogP contribution in [-0.4, -0.2) is 48.9 Å². The molecule has 0 aliphatic heterocycles. The Balaban J connectivity index is 1.91. The first kappa shape index (κ1) is 16.0. The molecule has 4 nitrogen and oxygen atoms in total. The minimum Gasteiger partial charge on any atom is -0.344 e. The van der Waals surface area contributed by atoms with E-state index in [-0.39, 0.29) is 17.5 Å². The number of carbonyl (C=O) groups is 1. The third kappa shape index (κ3) is 3.63. The van der Waals surface area contributed by atoms with Crippen molar-refractivity contribution in [3.05, 3.63) is 35.9 Å². The summed E-state index contributed by atoms with van der Waals surface area (Å²) >= 11 is 0. The molecule has 0 spiro atoms. The number of nitrogens with two attached hydrogens (primary N) is 1. The smallest absolute Gasteiger partial charge is 0.224 e. The van der Waals surface area contributed by atoms with E-state index in [0.717, 1.165) is 12.1 Å². The van der Waals surface area contributed by atoms with Gasteiger partial charge in [-0.05, 0) is 38.9 Å².